The lowest BCUT2D eigenvalue weighted by Crippen LogP contribution is -2.31. The van der Waals surface area contributed by atoms with Gasteiger partial charge in [0.05, 0.1) is 18.0 Å². The fraction of sp³-hybridized carbons (Fsp3) is 0.300. The van der Waals surface area contributed by atoms with Gasteiger partial charge in [-0.3, -0.25) is 14.6 Å². The van der Waals surface area contributed by atoms with Crippen molar-refractivity contribution >= 4 is 17.5 Å². The molecule has 1 saturated heterocycles. The maximum atomic E-state index is 12.9. The van der Waals surface area contributed by atoms with Gasteiger partial charge in [-0.25, -0.2) is 4.98 Å². The molecule has 3 aromatic rings. The van der Waals surface area contributed by atoms with Crippen molar-refractivity contribution in [3.63, 3.8) is 0 Å². The van der Waals surface area contributed by atoms with Crippen LogP contribution in [0.4, 0.5) is 0 Å². The van der Waals surface area contributed by atoms with Crippen molar-refractivity contribution in [2.24, 2.45) is 5.92 Å². The van der Waals surface area contributed by atoms with E-state index in [0.29, 0.717) is 12.2 Å². The zero-order valence-corrected chi connectivity index (χ0v) is 14.9. The average Bonchev–Trinajstić information content (AvgIpc) is 3.28. The molecule has 2 atom stereocenters. The fourth-order valence-electron chi connectivity index (χ4n) is 3.75. The second kappa shape index (κ2) is 6.83. The van der Waals surface area contributed by atoms with E-state index >= 15 is 0 Å². The number of likely N-dealkylation sites (tertiary alicyclic amines) is 1. The third-order valence-electron chi connectivity index (χ3n) is 5.20. The summed E-state index contributed by atoms with van der Waals surface area (Å²) in [5, 5.41) is 9.59. The molecule has 1 aliphatic heterocycles. The monoisotopic (exact) mass is 364 g/mol. The average molecular weight is 364 g/mol. The van der Waals surface area contributed by atoms with Crippen LogP contribution in [0.2, 0.25) is 0 Å². The zero-order chi connectivity index (χ0) is 19.0. The highest BCUT2D eigenvalue weighted by molar-refractivity contribution is 5.81. The Morgan fingerprint density at radius 1 is 1.19 bits per heavy atom. The number of aliphatic carboxylic acids is 1. The van der Waals surface area contributed by atoms with E-state index in [9.17, 15) is 14.7 Å². The lowest BCUT2D eigenvalue weighted by Gasteiger charge is -2.16. The van der Waals surface area contributed by atoms with Crippen molar-refractivity contribution < 1.29 is 14.7 Å². The third-order valence-corrected chi connectivity index (χ3v) is 5.20. The largest absolute Gasteiger partial charge is 0.481 e. The molecule has 4 rings (SSSR count). The first-order chi connectivity index (χ1) is 13.0. The molecule has 0 spiro atoms. The zero-order valence-electron chi connectivity index (χ0n) is 14.9. The summed E-state index contributed by atoms with van der Waals surface area (Å²) in [6, 6.07) is 9.35. The van der Waals surface area contributed by atoms with Crippen molar-refractivity contribution in [3.8, 4) is 0 Å². The van der Waals surface area contributed by atoms with Gasteiger partial charge < -0.3 is 14.4 Å². The molecule has 0 aromatic carbocycles. The summed E-state index contributed by atoms with van der Waals surface area (Å²) in [7, 11) is 0. The van der Waals surface area contributed by atoms with E-state index in [1.54, 1.807) is 23.4 Å². The highest BCUT2D eigenvalue weighted by atomic mass is 16.4. The van der Waals surface area contributed by atoms with Gasteiger partial charge in [-0.1, -0.05) is 12.1 Å². The minimum Gasteiger partial charge on any atom is -0.481 e. The van der Waals surface area contributed by atoms with Gasteiger partial charge in [-0.15, -0.1) is 0 Å². The number of carbonyl (C=O) groups is 2. The van der Waals surface area contributed by atoms with Crippen molar-refractivity contribution in [1.29, 1.82) is 0 Å². The molecule has 1 amide bonds. The van der Waals surface area contributed by atoms with E-state index in [-0.39, 0.29) is 24.8 Å². The molecular weight excluding hydrogens is 344 g/mol. The number of aromatic nitrogens is 3. The molecule has 1 aliphatic rings. The Balaban J connectivity index is 1.55. The molecule has 27 heavy (non-hydrogen) atoms. The van der Waals surface area contributed by atoms with Crippen LogP contribution in [0, 0.1) is 12.8 Å². The number of nitrogens with zero attached hydrogens (tertiary/aromatic N) is 4. The van der Waals surface area contributed by atoms with E-state index in [2.05, 4.69) is 9.97 Å². The number of amides is 1. The van der Waals surface area contributed by atoms with Crippen molar-refractivity contribution in [2.75, 3.05) is 13.1 Å². The second-order valence-electron chi connectivity index (χ2n) is 6.92. The van der Waals surface area contributed by atoms with Gasteiger partial charge in [-0.2, -0.15) is 0 Å². The van der Waals surface area contributed by atoms with E-state index in [4.69, 9.17) is 0 Å². The van der Waals surface area contributed by atoms with E-state index in [1.807, 2.05) is 41.8 Å². The Bertz CT molecular complexity index is 999. The van der Waals surface area contributed by atoms with Crippen molar-refractivity contribution in [1.82, 2.24) is 19.3 Å². The van der Waals surface area contributed by atoms with Gasteiger partial charge in [0.25, 0.3) is 0 Å². The van der Waals surface area contributed by atoms with Crippen LogP contribution in [0.1, 0.15) is 22.9 Å². The molecule has 138 valence electrons. The molecule has 0 bridgehead atoms. The minimum absolute atomic E-state index is 0.0945. The molecule has 3 aromatic heterocycles. The Labute approximate surface area is 156 Å². The summed E-state index contributed by atoms with van der Waals surface area (Å²) in [5.41, 5.74) is 3.38. The first kappa shape index (κ1) is 17.2. The number of carbonyl (C=O) groups excluding carboxylic acids is 1. The molecule has 7 heteroatoms. The Morgan fingerprint density at radius 2 is 2.04 bits per heavy atom. The van der Waals surface area contributed by atoms with Crippen LogP contribution in [-0.4, -0.2) is 49.3 Å². The van der Waals surface area contributed by atoms with Crippen molar-refractivity contribution in [3.05, 3.63) is 65.9 Å². The SMILES string of the molecule is Cc1cccn2c(CC(=O)N3C[C@H](C(=O)O)[C@@H](c4ccccn4)C3)cnc12. The predicted molar refractivity (Wildman–Crippen MR) is 98.3 cm³/mol. The van der Waals surface area contributed by atoms with Gasteiger partial charge in [0.2, 0.25) is 5.91 Å². The highest BCUT2D eigenvalue weighted by Gasteiger charge is 2.41. The van der Waals surface area contributed by atoms with Gasteiger partial charge in [0, 0.05) is 43.3 Å². The van der Waals surface area contributed by atoms with Crippen molar-refractivity contribution in [2.45, 2.75) is 19.3 Å². The van der Waals surface area contributed by atoms with Crippen LogP contribution in [0.25, 0.3) is 5.65 Å². The van der Waals surface area contributed by atoms with Crippen LogP contribution in [0.3, 0.4) is 0 Å². The molecule has 0 unspecified atom stereocenters. The molecule has 0 saturated carbocycles. The van der Waals surface area contributed by atoms with Crippen LogP contribution < -0.4 is 0 Å². The second-order valence-corrected chi connectivity index (χ2v) is 6.92. The number of aryl methyl sites for hydroxylation is 1. The summed E-state index contributed by atoms with van der Waals surface area (Å²) >= 11 is 0. The topological polar surface area (TPSA) is 87.8 Å². The quantitative estimate of drug-likeness (QED) is 0.764. The molecule has 0 aliphatic carbocycles. The molecule has 1 fully saturated rings. The maximum absolute atomic E-state index is 12.9. The van der Waals surface area contributed by atoms with Gasteiger partial charge >= 0.3 is 5.97 Å². The van der Waals surface area contributed by atoms with Crippen LogP contribution in [0.5, 0.6) is 0 Å². The molecular formula is C20H20N4O3. The van der Waals surface area contributed by atoms with Crippen LogP contribution >= 0.6 is 0 Å². The number of fused-ring (bicyclic) bond motifs is 1. The van der Waals surface area contributed by atoms with E-state index < -0.39 is 11.9 Å². The summed E-state index contributed by atoms with van der Waals surface area (Å²) in [5.74, 6) is -1.93. The third kappa shape index (κ3) is 3.16. The smallest absolute Gasteiger partial charge is 0.309 e. The molecule has 0 radical (unpaired) electrons. The number of imidazole rings is 1. The number of carboxylic acids is 1. The number of hydrogen-bond donors (Lipinski definition) is 1. The van der Waals surface area contributed by atoms with Crippen LogP contribution in [0.15, 0.2) is 48.9 Å². The Morgan fingerprint density at radius 3 is 2.78 bits per heavy atom. The van der Waals surface area contributed by atoms with Gasteiger partial charge in [0.15, 0.2) is 0 Å². The lowest BCUT2D eigenvalue weighted by molar-refractivity contribution is -0.141. The van der Waals surface area contributed by atoms with E-state index in [0.717, 1.165) is 16.9 Å². The number of hydrogen-bond acceptors (Lipinski definition) is 4. The Hall–Kier alpha value is -3.22. The normalized spacial score (nSPS) is 19.5. The molecule has 1 N–H and O–H groups in total. The number of carboxylic acid groups (broad SMARTS) is 1. The number of pyridine rings is 2. The Kier molecular flexibility index (Phi) is 4.35. The summed E-state index contributed by atoms with van der Waals surface area (Å²) < 4.78 is 1.91. The molecule has 7 nitrogen and oxygen atoms in total. The van der Waals surface area contributed by atoms with Gasteiger partial charge in [0.1, 0.15) is 5.65 Å². The molecule has 4 heterocycles. The fourth-order valence-corrected chi connectivity index (χ4v) is 3.75. The first-order valence-corrected chi connectivity index (χ1v) is 8.87. The predicted octanol–water partition coefficient (Wildman–Crippen LogP) is 1.91. The summed E-state index contributed by atoms with van der Waals surface area (Å²) in [6.45, 7) is 2.54. The minimum atomic E-state index is -0.897. The van der Waals surface area contributed by atoms with E-state index in [1.165, 1.54) is 0 Å². The maximum Gasteiger partial charge on any atom is 0.309 e. The lowest BCUT2D eigenvalue weighted by atomic mass is 9.93. The highest BCUT2D eigenvalue weighted by Crippen LogP contribution is 2.32. The summed E-state index contributed by atoms with van der Waals surface area (Å²) in [4.78, 5) is 34.9. The first-order valence-electron chi connectivity index (χ1n) is 8.87. The van der Waals surface area contributed by atoms with Crippen LogP contribution in [-0.2, 0) is 16.0 Å². The van der Waals surface area contributed by atoms with Gasteiger partial charge in [-0.05, 0) is 30.7 Å². The standard InChI is InChI=1S/C20H20N4O3/c1-13-5-4-8-24-14(10-22-19(13)24)9-18(25)23-11-15(16(12-23)20(26)27)17-6-2-3-7-21-17/h2-8,10,15-16H,9,11-12H2,1H3,(H,26,27)/t15-,16-/m0/s1. The summed E-state index contributed by atoms with van der Waals surface area (Å²) in [6.07, 6.45) is 5.44. The number of rotatable bonds is 4.